The van der Waals surface area contributed by atoms with E-state index in [9.17, 15) is 19.3 Å². The Morgan fingerprint density at radius 1 is 1.38 bits per heavy atom. The summed E-state index contributed by atoms with van der Waals surface area (Å²) in [5.74, 6) is -0.907. The topological polar surface area (TPSA) is 75.9 Å². The fourth-order valence-electron chi connectivity index (χ4n) is 2.26. The second-order valence-corrected chi connectivity index (χ2v) is 4.73. The predicted octanol–water partition coefficient (Wildman–Crippen LogP) is 1.03. The number of hydrogen-bond donors (Lipinski definition) is 0. The number of nitro groups is 1. The Balaban J connectivity index is 1.99. The largest absolute Gasteiger partial charge is 0.468 e. The first-order chi connectivity index (χ1) is 10.0. The van der Waals surface area contributed by atoms with Gasteiger partial charge in [0.25, 0.3) is 5.69 Å². The lowest BCUT2D eigenvalue weighted by atomic mass is 10.2. The molecule has 1 fully saturated rings. The Kier molecular flexibility index (Phi) is 4.69. The minimum Gasteiger partial charge on any atom is -0.468 e. The molecule has 0 amide bonds. The summed E-state index contributed by atoms with van der Waals surface area (Å²) in [7, 11) is 1.34. The summed E-state index contributed by atoms with van der Waals surface area (Å²) in [4.78, 5) is 24.9. The van der Waals surface area contributed by atoms with Gasteiger partial charge in [-0.2, -0.15) is 0 Å². The highest BCUT2D eigenvalue weighted by atomic mass is 19.1. The van der Waals surface area contributed by atoms with E-state index in [-0.39, 0.29) is 18.2 Å². The van der Waals surface area contributed by atoms with Crippen LogP contribution in [0.15, 0.2) is 18.2 Å². The predicted molar refractivity (Wildman–Crippen MR) is 73.7 cm³/mol. The van der Waals surface area contributed by atoms with E-state index in [4.69, 9.17) is 0 Å². The van der Waals surface area contributed by atoms with Crippen LogP contribution < -0.4 is 4.90 Å². The van der Waals surface area contributed by atoms with Crippen molar-refractivity contribution in [1.82, 2.24) is 4.90 Å². The number of rotatable bonds is 4. The molecule has 1 aliphatic rings. The molecule has 1 saturated heterocycles. The van der Waals surface area contributed by atoms with Crippen molar-refractivity contribution in [3.8, 4) is 0 Å². The van der Waals surface area contributed by atoms with Crippen LogP contribution in [0.25, 0.3) is 0 Å². The molecular formula is C13H16FN3O4. The molecule has 1 aromatic carbocycles. The van der Waals surface area contributed by atoms with Crippen LogP contribution in [-0.4, -0.2) is 55.6 Å². The number of nitrogens with zero attached hydrogens (tertiary/aromatic N) is 3. The van der Waals surface area contributed by atoms with Crippen molar-refractivity contribution < 1.29 is 18.8 Å². The SMILES string of the molecule is COC(=O)CN1CCN(c2ccc([N+](=O)[O-])cc2F)CC1. The van der Waals surface area contributed by atoms with Gasteiger partial charge < -0.3 is 9.64 Å². The van der Waals surface area contributed by atoms with Gasteiger partial charge in [0.15, 0.2) is 5.82 Å². The minimum absolute atomic E-state index is 0.215. The van der Waals surface area contributed by atoms with Gasteiger partial charge in [-0.1, -0.05) is 0 Å². The quantitative estimate of drug-likeness (QED) is 0.469. The van der Waals surface area contributed by atoms with Crippen LogP contribution in [0.1, 0.15) is 0 Å². The molecule has 1 aromatic rings. The average molecular weight is 297 g/mol. The molecule has 8 heteroatoms. The van der Waals surface area contributed by atoms with Crippen LogP contribution in [0.5, 0.6) is 0 Å². The second kappa shape index (κ2) is 6.49. The van der Waals surface area contributed by atoms with Crippen molar-refractivity contribution in [3.63, 3.8) is 0 Å². The standard InChI is InChI=1S/C13H16FN3O4/c1-21-13(18)9-15-4-6-16(7-5-15)12-3-2-10(17(19)20)8-11(12)14/h2-3,8H,4-7,9H2,1H3. The smallest absolute Gasteiger partial charge is 0.319 e. The lowest BCUT2D eigenvalue weighted by Crippen LogP contribution is -2.48. The number of nitro benzene ring substituents is 1. The van der Waals surface area contributed by atoms with E-state index >= 15 is 0 Å². The molecule has 21 heavy (non-hydrogen) atoms. The molecule has 0 spiro atoms. The number of esters is 1. The van der Waals surface area contributed by atoms with Gasteiger partial charge in [-0.3, -0.25) is 19.8 Å². The molecule has 1 aliphatic heterocycles. The van der Waals surface area contributed by atoms with Gasteiger partial charge in [-0.15, -0.1) is 0 Å². The van der Waals surface area contributed by atoms with Crippen molar-refractivity contribution >= 4 is 17.3 Å². The molecular weight excluding hydrogens is 281 g/mol. The van der Waals surface area contributed by atoms with Crippen LogP contribution in [-0.2, 0) is 9.53 Å². The Morgan fingerprint density at radius 2 is 2.05 bits per heavy atom. The van der Waals surface area contributed by atoms with E-state index in [2.05, 4.69) is 4.74 Å². The van der Waals surface area contributed by atoms with Crippen molar-refractivity contribution in [1.29, 1.82) is 0 Å². The summed E-state index contributed by atoms with van der Waals surface area (Å²) in [6.07, 6.45) is 0. The number of non-ortho nitro benzene ring substituents is 1. The first-order valence-electron chi connectivity index (χ1n) is 6.49. The Morgan fingerprint density at radius 3 is 2.57 bits per heavy atom. The molecule has 7 nitrogen and oxygen atoms in total. The van der Waals surface area contributed by atoms with E-state index < -0.39 is 10.7 Å². The van der Waals surface area contributed by atoms with Gasteiger partial charge in [0.2, 0.25) is 0 Å². The summed E-state index contributed by atoms with van der Waals surface area (Å²) in [5, 5.41) is 10.6. The summed E-state index contributed by atoms with van der Waals surface area (Å²) in [6.45, 7) is 2.52. The first kappa shape index (κ1) is 15.2. The summed E-state index contributed by atoms with van der Waals surface area (Å²) >= 11 is 0. The molecule has 0 bridgehead atoms. The number of benzene rings is 1. The van der Waals surface area contributed by atoms with E-state index in [0.717, 1.165) is 6.07 Å². The van der Waals surface area contributed by atoms with Gasteiger partial charge in [0, 0.05) is 32.2 Å². The number of ether oxygens (including phenoxy) is 1. The lowest BCUT2D eigenvalue weighted by Gasteiger charge is -2.35. The normalized spacial score (nSPS) is 15.8. The zero-order valence-electron chi connectivity index (χ0n) is 11.6. The van der Waals surface area contributed by atoms with Crippen LogP contribution >= 0.6 is 0 Å². The van der Waals surface area contributed by atoms with E-state index in [1.807, 2.05) is 9.80 Å². The molecule has 0 N–H and O–H groups in total. The minimum atomic E-state index is -0.624. The zero-order valence-corrected chi connectivity index (χ0v) is 11.6. The van der Waals surface area contributed by atoms with Gasteiger partial charge in [-0.25, -0.2) is 4.39 Å². The maximum absolute atomic E-state index is 13.9. The van der Waals surface area contributed by atoms with Gasteiger partial charge in [-0.05, 0) is 6.07 Å². The molecule has 0 atom stereocenters. The maximum Gasteiger partial charge on any atom is 0.319 e. The molecule has 0 saturated carbocycles. The molecule has 2 rings (SSSR count). The van der Waals surface area contributed by atoms with Crippen LogP contribution in [0.3, 0.4) is 0 Å². The van der Waals surface area contributed by atoms with Crippen LogP contribution in [0, 0.1) is 15.9 Å². The molecule has 114 valence electrons. The zero-order chi connectivity index (χ0) is 15.4. The fourth-order valence-corrected chi connectivity index (χ4v) is 2.26. The van der Waals surface area contributed by atoms with Crippen molar-refractivity contribution in [2.24, 2.45) is 0 Å². The van der Waals surface area contributed by atoms with Crippen molar-refractivity contribution in [3.05, 3.63) is 34.1 Å². The Labute approximate surface area is 121 Å². The summed E-state index contributed by atoms with van der Waals surface area (Å²) in [5.41, 5.74) is 0.0823. The third-order valence-electron chi connectivity index (χ3n) is 3.44. The first-order valence-corrected chi connectivity index (χ1v) is 6.49. The third kappa shape index (κ3) is 3.66. The molecule has 0 unspecified atom stereocenters. The highest BCUT2D eigenvalue weighted by Gasteiger charge is 2.22. The Hall–Kier alpha value is -2.22. The summed E-state index contributed by atoms with van der Waals surface area (Å²) < 4.78 is 18.5. The monoisotopic (exact) mass is 297 g/mol. The highest BCUT2D eigenvalue weighted by Crippen LogP contribution is 2.24. The van der Waals surface area contributed by atoms with E-state index in [0.29, 0.717) is 31.9 Å². The molecule has 1 heterocycles. The van der Waals surface area contributed by atoms with E-state index in [1.165, 1.54) is 19.2 Å². The number of anilines is 1. The maximum atomic E-state index is 13.9. The highest BCUT2D eigenvalue weighted by molar-refractivity contribution is 5.71. The summed E-state index contributed by atoms with van der Waals surface area (Å²) in [6, 6.07) is 3.64. The molecule has 0 radical (unpaired) electrons. The number of carbonyl (C=O) groups excluding carboxylic acids is 1. The number of carbonyl (C=O) groups is 1. The van der Waals surface area contributed by atoms with Crippen LogP contribution in [0.4, 0.5) is 15.8 Å². The number of hydrogen-bond acceptors (Lipinski definition) is 6. The fraction of sp³-hybridized carbons (Fsp3) is 0.462. The van der Waals surface area contributed by atoms with E-state index in [1.54, 1.807) is 0 Å². The van der Waals surface area contributed by atoms with Gasteiger partial charge >= 0.3 is 5.97 Å². The number of piperazine rings is 1. The third-order valence-corrected chi connectivity index (χ3v) is 3.44. The Bertz CT molecular complexity index is 544. The lowest BCUT2D eigenvalue weighted by molar-refractivity contribution is -0.385. The van der Waals surface area contributed by atoms with Crippen molar-refractivity contribution in [2.45, 2.75) is 0 Å². The van der Waals surface area contributed by atoms with Crippen LogP contribution in [0.2, 0.25) is 0 Å². The number of halogens is 1. The second-order valence-electron chi connectivity index (χ2n) is 4.73. The molecule has 0 aromatic heterocycles. The number of methoxy groups -OCH3 is 1. The molecule has 0 aliphatic carbocycles. The van der Waals surface area contributed by atoms with Gasteiger partial charge in [0.1, 0.15) is 0 Å². The average Bonchev–Trinajstić information content (AvgIpc) is 2.48. The van der Waals surface area contributed by atoms with Crippen molar-refractivity contribution in [2.75, 3.05) is 44.7 Å². The van der Waals surface area contributed by atoms with Gasteiger partial charge in [0.05, 0.1) is 30.3 Å².